The molecule has 0 saturated carbocycles. The lowest BCUT2D eigenvalue weighted by molar-refractivity contribution is -0.152. The number of nitrogens with zero attached hydrogens (tertiary/aromatic N) is 1. The first kappa shape index (κ1) is 18.0. The van der Waals surface area contributed by atoms with Gasteiger partial charge in [0.1, 0.15) is 12.1 Å². The third-order valence-corrected chi connectivity index (χ3v) is 4.81. The topological polar surface area (TPSA) is 87.7 Å². The van der Waals surface area contributed by atoms with Crippen molar-refractivity contribution in [2.75, 3.05) is 12.4 Å². The fourth-order valence-corrected chi connectivity index (χ4v) is 3.55. The van der Waals surface area contributed by atoms with Crippen molar-refractivity contribution in [1.82, 2.24) is 10.2 Å². The quantitative estimate of drug-likeness (QED) is 0.640. The lowest BCUT2D eigenvalue weighted by atomic mass is 10.0. The number of urea groups is 1. The summed E-state index contributed by atoms with van der Waals surface area (Å²) in [7, 11) is 1.33. The van der Waals surface area contributed by atoms with Crippen molar-refractivity contribution in [2.45, 2.75) is 43.8 Å². The zero-order valence-electron chi connectivity index (χ0n) is 14.7. The second-order valence-electron chi connectivity index (χ2n) is 6.48. The third kappa shape index (κ3) is 3.87. The highest BCUT2D eigenvalue weighted by Gasteiger charge is 2.43. The minimum Gasteiger partial charge on any atom is -0.467 e. The molecule has 1 saturated heterocycles. The van der Waals surface area contributed by atoms with Crippen LogP contribution in [-0.4, -0.2) is 48.0 Å². The van der Waals surface area contributed by atoms with Crippen LogP contribution in [0.15, 0.2) is 42.5 Å². The van der Waals surface area contributed by atoms with Crippen molar-refractivity contribution in [3.05, 3.63) is 42.5 Å². The largest absolute Gasteiger partial charge is 0.467 e. The standard InChI is InChI=1S/C19H23N3O4/c1-26-18(24)16-12-11-14-9-5-6-10-15(17(23)22(14)16)21-19(25)20-13-7-3-2-4-8-13/h2-8,14-16H,9-12H2,1H3,(H2,20,21,25)/b6-5-/t14-,15-,16-/m0/s1. The van der Waals surface area contributed by atoms with E-state index >= 15 is 0 Å². The van der Waals surface area contributed by atoms with Crippen LogP contribution < -0.4 is 10.6 Å². The summed E-state index contributed by atoms with van der Waals surface area (Å²) >= 11 is 0. The summed E-state index contributed by atoms with van der Waals surface area (Å²) in [6.07, 6.45) is 6.35. The van der Waals surface area contributed by atoms with Gasteiger partial charge in [-0.3, -0.25) is 4.79 Å². The summed E-state index contributed by atoms with van der Waals surface area (Å²) in [5.41, 5.74) is 0.644. The van der Waals surface area contributed by atoms with Gasteiger partial charge < -0.3 is 20.3 Å². The molecule has 26 heavy (non-hydrogen) atoms. The molecule has 7 heteroatoms. The lowest BCUT2D eigenvalue weighted by Gasteiger charge is -2.33. The Morgan fingerprint density at radius 2 is 1.85 bits per heavy atom. The van der Waals surface area contributed by atoms with Crippen LogP contribution in [0.25, 0.3) is 0 Å². The number of methoxy groups -OCH3 is 1. The van der Waals surface area contributed by atoms with Crippen LogP contribution in [0.1, 0.15) is 25.7 Å². The molecule has 0 aromatic heterocycles. The van der Waals surface area contributed by atoms with Crippen molar-refractivity contribution in [2.24, 2.45) is 0 Å². The number of hydrogen-bond acceptors (Lipinski definition) is 4. The van der Waals surface area contributed by atoms with Crippen LogP contribution in [0, 0.1) is 0 Å². The van der Waals surface area contributed by atoms with Crippen molar-refractivity contribution >= 4 is 23.6 Å². The number of fused-ring (bicyclic) bond motifs is 1. The Morgan fingerprint density at radius 1 is 1.12 bits per heavy atom. The maximum atomic E-state index is 13.0. The highest BCUT2D eigenvalue weighted by molar-refractivity contribution is 5.95. The molecule has 1 fully saturated rings. The SMILES string of the molecule is COC(=O)[C@@H]1CC[C@@H]2C/C=C\C[C@H](NC(=O)Nc3ccccc3)C(=O)N21. The van der Waals surface area contributed by atoms with Gasteiger partial charge in [-0.25, -0.2) is 9.59 Å². The van der Waals surface area contributed by atoms with E-state index in [0.29, 0.717) is 24.9 Å². The van der Waals surface area contributed by atoms with E-state index in [1.165, 1.54) is 7.11 Å². The molecule has 0 radical (unpaired) electrons. The number of carbonyl (C=O) groups excluding carboxylic acids is 3. The first-order chi connectivity index (χ1) is 12.6. The molecule has 2 aliphatic rings. The molecule has 2 N–H and O–H groups in total. The minimum atomic E-state index is -0.719. The highest BCUT2D eigenvalue weighted by atomic mass is 16.5. The molecule has 2 aliphatic heterocycles. The zero-order valence-corrected chi connectivity index (χ0v) is 14.7. The average Bonchev–Trinajstić information content (AvgIpc) is 3.06. The number of para-hydroxylation sites is 1. The van der Waals surface area contributed by atoms with Crippen molar-refractivity contribution < 1.29 is 19.1 Å². The summed E-state index contributed by atoms with van der Waals surface area (Å²) in [6, 6.07) is 7.23. The molecule has 2 heterocycles. The molecule has 0 aliphatic carbocycles. The van der Waals surface area contributed by atoms with Crippen molar-refractivity contribution in [1.29, 1.82) is 0 Å². The molecule has 1 aromatic rings. The molecule has 1 aromatic carbocycles. The number of nitrogens with one attached hydrogen (secondary N) is 2. The maximum absolute atomic E-state index is 13.0. The minimum absolute atomic E-state index is 0.0374. The monoisotopic (exact) mass is 357 g/mol. The molecule has 3 amide bonds. The highest BCUT2D eigenvalue weighted by Crippen LogP contribution is 2.30. The van der Waals surface area contributed by atoms with Gasteiger partial charge >= 0.3 is 12.0 Å². The number of amides is 3. The van der Waals surface area contributed by atoms with Crippen LogP contribution in [0.5, 0.6) is 0 Å². The smallest absolute Gasteiger partial charge is 0.328 e. The van der Waals surface area contributed by atoms with Gasteiger partial charge in [0.2, 0.25) is 5.91 Å². The number of ether oxygens (including phenoxy) is 1. The predicted octanol–water partition coefficient (Wildman–Crippen LogP) is 2.06. The predicted molar refractivity (Wildman–Crippen MR) is 96.4 cm³/mol. The Morgan fingerprint density at radius 3 is 2.58 bits per heavy atom. The van der Waals surface area contributed by atoms with Crippen LogP contribution >= 0.6 is 0 Å². The van der Waals surface area contributed by atoms with E-state index < -0.39 is 24.1 Å². The van der Waals surface area contributed by atoms with Gasteiger partial charge in [-0.05, 0) is 37.8 Å². The second-order valence-corrected chi connectivity index (χ2v) is 6.48. The summed E-state index contributed by atoms with van der Waals surface area (Å²) in [6.45, 7) is 0. The Kier molecular flexibility index (Phi) is 5.55. The lowest BCUT2D eigenvalue weighted by Crippen LogP contribution is -2.55. The van der Waals surface area contributed by atoms with Crippen molar-refractivity contribution in [3.63, 3.8) is 0 Å². The van der Waals surface area contributed by atoms with Crippen molar-refractivity contribution in [3.8, 4) is 0 Å². The Bertz CT molecular complexity index is 704. The maximum Gasteiger partial charge on any atom is 0.328 e. The molecule has 0 spiro atoms. The van der Waals surface area contributed by atoms with E-state index in [-0.39, 0.29) is 11.9 Å². The van der Waals surface area contributed by atoms with Gasteiger partial charge in [0.05, 0.1) is 7.11 Å². The summed E-state index contributed by atoms with van der Waals surface area (Å²) in [5, 5.41) is 5.44. The van der Waals surface area contributed by atoms with E-state index in [1.54, 1.807) is 17.0 Å². The molecule has 3 atom stereocenters. The number of carbonyl (C=O) groups is 3. The summed E-state index contributed by atoms with van der Waals surface area (Å²) in [4.78, 5) is 39.0. The molecular weight excluding hydrogens is 334 g/mol. The number of hydrogen-bond donors (Lipinski definition) is 2. The van der Waals surface area contributed by atoms with Gasteiger partial charge in [-0.15, -0.1) is 0 Å². The summed E-state index contributed by atoms with van der Waals surface area (Å²) in [5.74, 6) is -0.645. The molecule has 138 valence electrons. The molecule has 7 nitrogen and oxygen atoms in total. The van der Waals surface area contributed by atoms with E-state index in [9.17, 15) is 14.4 Å². The zero-order chi connectivity index (χ0) is 18.5. The van der Waals surface area contributed by atoms with Gasteiger partial charge in [-0.1, -0.05) is 30.4 Å². The Hall–Kier alpha value is -2.83. The third-order valence-electron chi connectivity index (χ3n) is 4.81. The van der Waals surface area contributed by atoms with E-state index in [0.717, 1.165) is 6.42 Å². The Labute approximate surface area is 152 Å². The van der Waals surface area contributed by atoms with Gasteiger partial charge in [0.15, 0.2) is 0 Å². The Balaban J connectivity index is 1.72. The fourth-order valence-electron chi connectivity index (χ4n) is 3.55. The average molecular weight is 357 g/mol. The number of esters is 1. The first-order valence-corrected chi connectivity index (χ1v) is 8.77. The van der Waals surface area contributed by atoms with Gasteiger partial charge in [0.25, 0.3) is 0 Å². The number of anilines is 1. The molecular formula is C19H23N3O4. The van der Waals surface area contributed by atoms with E-state index in [2.05, 4.69) is 10.6 Å². The number of rotatable bonds is 3. The van der Waals surface area contributed by atoms with E-state index in [1.807, 2.05) is 30.4 Å². The second kappa shape index (κ2) is 8.03. The fraction of sp³-hybridized carbons (Fsp3) is 0.421. The van der Waals surface area contributed by atoms with Crippen LogP contribution in [0.2, 0.25) is 0 Å². The summed E-state index contributed by atoms with van der Waals surface area (Å²) < 4.78 is 4.85. The molecule has 0 bridgehead atoms. The first-order valence-electron chi connectivity index (χ1n) is 8.77. The van der Waals surface area contributed by atoms with Gasteiger partial charge in [0, 0.05) is 11.7 Å². The van der Waals surface area contributed by atoms with Crippen LogP contribution in [-0.2, 0) is 14.3 Å². The van der Waals surface area contributed by atoms with Gasteiger partial charge in [-0.2, -0.15) is 0 Å². The normalized spacial score (nSPS) is 26.3. The molecule has 3 rings (SSSR count). The molecule has 0 unspecified atom stereocenters. The van der Waals surface area contributed by atoms with Crippen LogP contribution in [0.3, 0.4) is 0 Å². The number of benzene rings is 1. The van der Waals surface area contributed by atoms with Crippen LogP contribution in [0.4, 0.5) is 10.5 Å². The van der Waals surface area contributed by atoms with E-state index in [4.69, 9.17) is 4.74 Å².